The molecule has 1 atom stereocenters. The molecule has 2 aromatic carbocycles. The molecule has 41 heavy (non-hydrogen) atoms. The summed E-state index contributed by atoms with van der Waals surface area (Å²) in [5.41, 5.74) is 11.1. The highest BCUT2D eigenvalue weighted by Gasteiger charge is 2.25. The van der Waals surface area contributed by atoms with Gasteiger partial charge in [-0.3, -0.25) is 9.69 Å². The van der Waals surface area contributed by atoms with Crippen LogP contribution >= 0.6 is 11.6 Å². The molecule has 11 heteroatoms. The summed E-state index contributed by atoms with van der Waals surface area (Å²) < 4.78 is 27.9. The Hall–Kier alpha value is -3.86. The predicted octanol–water partition coefficient (Wildman–Crippen LogP) is 4.40. The number of amides is 1. The van der Waals surface area contributed by atoms with Crippen LogP contribution in [0.3, 0.4) is 0 Å². The first-order valence-corrected chi connectivity index (χ1v) is 13.9. The lowest BCUT2D eigenvalue weighted by molar-refractivity contribution is -0.115. The van der Waals surface area contributed by atoms with Crippen LogP contribution < -0.4 is 10.5 Å². The number of hydrogen-bond acceptors (Lipinski definition) is 6. The van der Waals surface area contributed by atoms with Crippen LogP contribution in [0.25, 0.3) is 11.0 Å². The molecule has 2 N–H and O–H groups in total. The lowest BCUT2D eigenvalue weighted by atomic mass is 10.1. The van der Waals surface area contributed by atoms with Gasteiger partial charge in [0, 0.05) is 48.8 Å². The van der Waals surface area contributed by atoms with E-state index in [9.17, 15) is 9.18 Å². The molecule has 1 saturated heterocycles. The number of ether oxygens (including phenoxy) is 2. The minimum atomic E-state index is -0.405. The van der Waals surface area contributed by atoms with Gasteiger partial charge in [-0.1, -0.05) is 23.7 Å². The van der Waals surface area contributed by atoms with Crippen LogP contribution in [0.1, 0.15) is 41.6 Å². The first-order valence-electron chi connectivity index (χ1n) is 13.6. The van der Waals surface area contributed by atoms with Crippen molar-refractivity contribution in [3.63, 3.8) is 0 Å². The van der Waals surface area contributed by atoms with Crippen molar-refractivity contribution in [3.05, 3.63) is 87.6 Å². The molecular formula is C30H30ClFN6O3. The lowest BCUT2D eigenvalue weighted by Crippen LogP contribution is -2.34. The van der Waals surface area contributed by atoms with Crippen molar-refractivity contribution in [2.75, 3.05) is 13.2 Å². The third-order valence-electron chi connectivity index (χ3n) is 7.45. The van der Waals surface area contributed by atoms with E-state index in [4.69, 9.17) is 36.8 Å². The molecule has 4 aromatic rings. The van der Waals surface area contributed by atoms with E-state index in [0.717, 1.165) is 48.5 Å². The Kier molecular flexibility index (Phi) is 7.70. The minimum Gasteiger partial charge on any atom is -0.473 e. The summed E-state index contributed by atoms with van der Waals surface area (Å²) in [7, 11) is 0. The monoisotopic (exact) mass is 576 g/mol. The molecule has 1 amide bonds. The summed E-state index contributed by atoms with van der Waals surface area (Å²) >= 11 is 5.86. The molecule has 9 nitrogen and oxygen atoms in total. The second kappa shape index (κ2) is 11.6. The van der Waals surface area contributed by atoms with E-state index in [1.807, 2.05) is 30.3 Å². The highest BCUT2D eigenvalue weighted by atomic mass is 35.5. The highest BCUT2D eigenvalue weighted by molar-refractivity contribution is 6.30. The van der Waals surface area contributed by atoms with E-state index in [1.54, 1.807) is 12.1 Å². The molecular weight excluding hydrogens is 547 g/mol. The van der Waals surface area contributed by atoms with E-state index in [0.29, 0.717) is 41.7 Å². The number of imidazole rings is 1. The first kappa shape index (κ1) is 27.3. The van der Waals surface area contributed by atoms with E-state index in [2.05, 4.69) is 14.5 Å². The minimum absolute atomic E-state index is 0.0649. The van der Waals surface area contributed by atoms with Crippen molar-refractivity contribution in [2.45, 2.75) is 52.1 Å². The summed E-state index contributed by atoms with van der Waals surface area (Å²) in [6.45, 7) is 5.00. The van der Waals surface area contributed by atoms with E-state index in [1.165, 1.54) is 18.6 Å². The fourth-order valence-corrected chi connectivity index (χ4v) is 5.33. The van der Waals surface area contributed by atoms with Crippen molar-refractivity contribution in [1.29, 1.82) is 0 Å². The number of carbonyl (C=O) groups excluding carboxylic acids is 1. The van der Waals surface area contributed by atoms with Crippen molar-refractivity contribution in [1.82, 2.24) is 19.4 Å². The van der Waals surface area contributed by atoms with Gasteiger partial charge in [-0.05, 0) is 48.7 Å². The number of nitrogens with two attached hydrogens (primary N) is 1. The molecule has 0 unspecified atom stereocenters. The Labute approximate surface area is 241 Å². The number of amidine groups is 1. The molecule has 2 aliphatic rings. The Balaban J connectivity index is 1.21. The quantitative estimate of drug-likeness (QED) is 0.245. The molecule has 2 aliphatic heterocycles. The summed E-state index contributed by atoms with van der Waals surface area (Å²) in [6.07, 6.45) is 1.98. The fraction of sp³-hybridized carbons (Fsp3) is 0.333. The molecule has 4 heterocycles. The average Bonchev–Trinajstić information content (AvgIpc) is 3.25. The van der Waals surface area contributed by atoms with Crippen LogP contribution in [-0.4, -0.2) is 50.4 Å². The van der Waals surface area contributed by atoms with Gasteiger partial charge in [-0.15, -0.1) is 0 Å². The molecule has 0 aliphatic carbocycles. The number of aromatic nitrogens is 3. The smallest absolute Gasteiger partial charge is 0.244 e. The van der Waals surface area contributed by atoms with Gasteiger partial charge < -0.3 is 19.8 Å². The van der Waals surface area contributed by atoms with Crippen molar-refractivity contribution in [3.8, 4) is 5.88 Å². The zero-order valence-corrected chi connectivity index (χ0v) is 23.4. The number of pyridine rings is 1. The van der Waals surface area contributed by atoms with Gasteiger partial charge in [0.1, 0.15) is 24.1 Å². The second-order valence-electron chi connectivity index (χ2n) is 10.4. The number of nitrogens with zero attached hydrogens (tertiary/aromatic N) is 5. The lowest BCUT2D eigenvalue weighted by Gasteiger charge is -2.30. The van der Waals surface area contributed by atoms with Crippen molar-refractivity contribution < 1.29 is 18.7 Å². The van der Waals surface area contributed by atoms with Crippen LogP contribution in [0.4, 0.5) is 4.39 Å². The summed E-state index contributed by atoms with van der Waals surface area (Å²) in [5, 5.41) is 0.346. The Morgan fingerprint density at radius 1 is 1.22 bits per heavy atom. The van der Waals surface area contributed by atoms with E-state index in [-0.39, 0.29) is 24.5 Å². The van der Waals surface area contributed by atoms with Gasteiger partial charge in [0.15, 0.2) is 0 Å². The Bertz CT molecular complexity index is 1650. The van der Waals surface area contributed by atoms with Crippen molar-refractivity contribution >= 4 is 34.4 Å². The molecule has 0 radical (unpaired) electrons. The number of benzene rings is 2. The van der Waals surface area contributed by atoms with Gasteiger partial charge in [-0.2, -0.15) is 4.99 Å². The normalized spacial score (nSPS) is 17.3. The van der Waals surface area contributed by atoms with Crippen molar-refractivity contribution in [2.24, 2.45) is 10.7 Å². The maximum Gasteiger partial charge on any atom is 0.244 e. The SMILES string of the molecule is CC(=O)N=C(N)c1ccc2nc(CN3CCc4ccc(OCc5ccc(Cl)cc5F)nc4C3)n(C[C@@H]3CCO3)c2c1. The zero-order chi connectivity index (χ0) is 28.5. The van der Waals surface area contributed by atoms with Crippen LogP contribution in [0, 0.1) is 5.82 Å². The van der Waals surface area contributed by atoms with Crippen LogP contribution in [-0.2, 0) is 42.2 Å². The van der Waals surface area contributed by atoms with E-state index >= 15 is 0 Å². The summed E-state index contributed by atoms with van der Waals surface area (Å²) in [4.78, 5) is 27.4. The maximum absolute atomic E-state index is 14.2. The van der Waals surface area contributed by atoms with Gasteiger partial charge in [0.25, 0.3) is 0 Å². The topological polar surface area (TPSA) is 108 Å². The number of carbonyl (C=O) groups is 1. The second-order valence-corrected chi connectivity index (χ2v) is 10.8. The van der Waals surface area contributed by atoms with Crippen LogP contribution in [0.15, 0.2) is 53.5 Å². The number of fused-ring (bicyclic) bond motifs is 2. The third kappa shape index (κ3) is 6.09. The molecule has 6 rings (SSSR count). The van der Waals surface area contributed by atoms with Crippen LogP contribution in [0.2, 0.25) is 5.02 Å². The van der Waals surface area contributed by atoms with Gasteiger partial charge in [0.05, 0.1) is 35.9 Å². The molecule has 212 valence electrons. The molecule has 0 saturated carbocycles. The predicted molar refractivity (Wildman–Crippen MR) is 153 cm³/mol. The zero-order valence-electron chi connectivity index (χ0n) is 22.6. The highest BCUT2D eigenvalue weighted by Crippen LogP contribution is 2.26. The number of aliphatic imine (C=N–C) groups is 1. The number of halogens is 2. The van der Waals surface area contributed by atoms with Gasteiger partial charge in [-0.25, -0.2) is 14.4 Å². The first-order chi connectivity index (χ1) is 19.8. The fourth-order valence-electron chi connectivity index (χ4n) is 5.17. The third-order valence-corrected chi connectivity index (χ3v) is 7.68. The maximum atomic E-state index is 14.2. The molecule has 1 fully saturated rings. The van der Waals surface area contributed by atoms with Crippen LogP contribution in [0.5, 0.6) is 5.88 Å². The van der Waals surface area contributed by atoms with Gasteiger partial charge >= 0.3 is 0 Å². The summed E-state index contributed by atoms with van der Waals surface area (Å²) in [6, 6.07) is 14.1. The Morgan fingerprint density at radius 2 is 2.07 bits per heavy atom. The number of hydrogen-bond donors (Lipinski definition) is 1. The largest absolute Gasteiger partial charge is 0.473 e. The molecule has 0 bridgehead atoms. The van der Waals surface area contributed by atoms with Gasteiger partial charge in [0.2, 0.25) is 11.8 Å². The molecule has 0 spiro atoms. The number of rotatable bonds is 8. The standard InChI is InChI=1S/C30H30ClFN6O3/c1-18(39)34-30(33)20-3-6-25-27(12-20)38(14-23-9-11-40-23)28(35-25)16-37-10-8-19-4-7-29(36-26(19)15-37)41-17-21-2-5-22(31)13-24(21)32/h2-7,12-13,23H,8-11,14-17H2,1H3,(H2,33,34,39)/t23-/m0/s1. The summed E-state index contributed by atoms with van der Waals surface area (Å²) in [5.74, 6) is 0.807. The van der Waals surface area contributed by atoms with E-state index < -0.39 is 5.82 Å². The molecule has 2 aromatic heterocycles. The average molecular weight is 577 g/mol. The Morgan fingerprint density at radius 3 is 2.83 bits per heavy atom.